The second-order valence-electron chi connectivity index (χ2n) is 5.12. The molecule has 0 aliphatic rings. The summed E-state index contributed by atoms with van der Waals surface area (Å²) in [6, 6.07) is 9.69. The predicted octanol–water partition coefficient (Wildman–Crippen LogP) is 2.46. The van der Waals surface area contributed by atoms with Crippen molar-refractivity contribution in [3.63, 3.8) is 0 Å². The molecule has 0 aliphatic carbocycles. The number of benzene rings is 1. The standard InChI is InChI=1S/C16H17N3O5/c1-3-11-6-4-5-7-12(11)17-14(20)10-18(2)16(21)13-8-9-15(24-13)19(22)23/h4-9H,3,10H2,1-2H3,(H,17,20). The molecule has 1 heterocycles. The van der Waals surface area contributed by atoms with E-state index < -0.39 is 16.7 Å². The zero-order valence-electron chi connectivity index (χ0n) is 13.3. The van der Waals surface area contributed by atoms with Crippen LogP contribution in [-0.4, -0.2) is 35.2 Å². The van der Waals surface area contributed by atoms with Crippen LogP contribution in [0.1, 0.15) is 23.0 Å². The third-order valence-electron chi connectivity index (χ3n) is 3.38. The number of likely N-dealkylation sites (N-methyl/N-ethyl adjacent to an activating group) is 1. The van der Waals surface area contributed by atoms with Gasteiger partial charge < -0.3 is 14.6 Å². The lowest BCUT2D eigenvalue weighted by Gasteiger charge is -2.16. The Bertz CT molecular complexity index is 769. The molecule has 0 aliphatic heterocycles. The van der Waals surface area contributed by atoms with Gasteiger partial charge in [0, 0.05) is 12.7 Å². The summed E-state index contributed by atoms with van der Waals surface area (Å²) in [7, 11) is 1.42. The van der Waals surface area contributed by atoms with Gasteiger partial charge in [-0.3, -0.25) is 19.7 Å². The molecule has 1 aromatic carbocycles. The molecular formula is C16H17N3O5. The van der Waals surface area contributed by atoms with E-state index in [9.17, 15) is 19.7 Å². The summed E-state index contributed by atoms with van der Waals surface area (Å²) >= 11 is 0. The molecule has 0 spiro atoms. The number of nitrogens with zero attached hydrogens (tertiary/aromatic N) is 2. The summed E-state index contributed by atoms with van der Waals surface area (Å²) in [5, 5.41) is 13.3. The van der Waals surface area contributed by atoms with Gasteiger partial charge in [0.1, 0.15) is 4.92 Å². The van der Waals surface area contributed by atoms with E-state index in [1.807, 2.05) is 25.1 Å². The molecule has 2 aromatic rings. The molecule has 8 heteroatoms. The highest BCUT2D eigenvalue weighted by Crippen LogP contribution is 2.17. The number of carbonyl (C=O) groups is 2. The smallest absolute Gasteiger partial charge is 0.395 e. The van der Waals surface area contributed by atoms with E-state index in [0.717, 1.165) is 23.0 Å². The van der Waals surface area contributed by atoms with Crippen LogP contribution in [0.5, 0.6) is 0 Å². The molecule has 1 aromatic heterocycles. The van der Waals surface area contributed by atoms with Crippen LogP contribution in [0.3, 0.4) is 0 Å². The largest absolute Gasteiger partial charge is 0.433 e. The number of hydrogen-bond donors (Lipinski definition) is 1. The van der Waals surface area contributed by atoms with Gasteiger partial charge in [-0.05, 0) is 24.1 Å². The number of hydrogen-bond acceptors (Lipinski definition) is 5. The van der Waals surface area contributed by atoms with Gasteiger partial charge in [0.2, 0.25) is 5.91 Å². The van der Waals surface area contributed by atoms with Crippen LogP contribution in [0.15, 0.2) is 40.8 Å². The van der Waals surface area contributed by atoms with Crippen molar-refractivity contribution in [3.05, 3.63) is 57.8 Å². The molecule has 126 valence electrons. The van der Waals surface area contributed by atoms with Crippen LogP contribution in [-0.2, 0) is 11.2 Å². The molecule has 24 heavy (non-hydrogen) atoms. The first-order chi connectivity index (χ1) is 11.4. The van der Waals surface area contributed by atoms with E-state index in [0.29, 0.717) is 5.69 Å². The second-order valence-corrected chi connectivity index (χ2v) is 5.12. The van der Waals surface area contributed by atoms with Gasteiger partial charge in [0.15, 0.2) is 5.76 Å². The number of para-hydroxylation sites is 1. The predicted molar refractivity (Wildman–Crippen MR) is 86.8 cm³/mol. The van der Waals surface area contributed by atoms with Crippen LogP contribution < -0.4 is 5.32 Å². The maximum atomic E-state index is 12.1. The first-order valence-corrected chi connectivity index (χ1v) is 7.29. The van der Waals surface area contributed by atoms with E-state index in [-0.39, 0.29) is 18.2 Å². The Balaban J connectivity index is 2.00. The first kappa shape index (κ1) is 17.2. The Morgan fingerprint density at radius 3 is 2.58 bits per heavy atom. The third-order valence-corrected chi connectivity index (χ3v) is 3.38. The van der Waals surface area contributed by atoms with Crippen molar-refractivity contribution in [2.24, 2.45) is 0 Å². The van der Waals surface area contributed by atoms with Gasteiger partial charge in [-0.15, -0.1) is 0 Å². The fraction of sp³-hybridized carbons (Fsp3) is 0.250. The number of anilines is 1. The summed E-state index contributed by atoms with van der Waals surface area (Å²) in [5.74, 6) is -1.69. The van der Waals surface area contributed by atoms with Crippen molar-refractivity contribution in [1.82, 2.24) is 4.90 Å². The zero-order valence-corrected chi connectivity index (χ0v) is 13.3. The molecule has 2 rings (SSSR count). The second kappa shape index (κ2) is 7.40. The van der Waals surface area contributed by atoms with Crippen molar-refractivity contribution < 1.29 is 18.9 Å². The van der Waals surface area contributed by atoms with Crippen molar-refractivity contribution >= 4 is 23.4 Å². The van der Waals surface area contributed by atoms with Gasteiger partial charge >= 0.3 is 5.88 Å². The number of amides is 2. The van der Waals surface area contributed by atoms with E-state index in [4.69, 9.17) is 4.42 Å². The summed E-state index contributed by atoms with van der Waals surface area (Å²) in [5.41, 5.74) is 1.68. The van der Waals surface area contributed by atoms with Crippen LogP contribution in [0.2, 0.25) is 0 Å². The van der Waals surface area contributed by atoms with E-state index >= 15 is 0 Å². The molecule has 0 unspecified atom stereocenters. The minimum absolute atomic E-state index is 0.189. The van der Waals surface area contributed by atoms with Gasteiger partial charge in [-0.1, -0.05) is 25.1 Å². The topological polar surface area (TPSA) is 106 Å². The van der Waals surface area contributed by atoms with Crippen molar-refractivity contribution in [3.8, 4) is 0 Å². The Morgan fingerprint density at radius 1 is 1.25 bits per heavy atom. The Kier molecular flexibility index (Phi) is 5.31. The van der Waals surface area contributed by atoms with Gasteiger partial charge in [0.25, 0.3) is 5.91 Å². The normalized spacial score (nSPS) is 10.2. The SMILES string of the molecule is CCc1ccccc1NC(=O)CN(C)C(=O)c1ccc([N+](=O)[O-])o1. The average molecular weight is 331 g/mol. The van der Waals surface area contributed by atoms with E-state index in [1.54, 1.807) is 6.07 Å². The molecule has 0 fully saturated rings. The number of aryl methyl sites for hydroxylation is 1. The maximum Gasteiger partial charge on any atom is 0.433 e. The number of carbonyl (C=O) groups excluding carboxylic acids is 2. The van der Waals surface area contributed by atoms with Gasteiger partial charge in [-0.2, -0.15) is 0 Å². The number of furan rings is 1. The van der Waals surface area contributed by atoms with Crippen LogP contribution in [0.4, 0.5) is 11.6 Å². The number of nitro groups is 1. The molecule has 0 saturated heterocycles. The highest BCUT2D eigenvalue weighted by molar-refractivity contribution is 5.98. The highest BCUT2D eigenvalue weighted by atomic mass is 16.6. The fourth-order valence-electron chi connectivity index (χ4n) is 2.16. The van der Waals surface area contributed by atoms with E-state index in [1.165, 1.54) is 13.1 Å². The van der Waals surface area contributed by atoms with Crippen LogP contribution in [0.25, 0.3) is 0 Å². The lowest BCUT2D eigenvalue weighted by molar-refractivity contribution is -0.402. The lowest BCUT2D eigenvalue weighted by Crippen LogP contribution is -2.34. The van der Waals surface area contributed by atoms with Crippen LogP contribution >= 0.6 is 0 Å². The van der Waals surface area contributed by atoms with Crippen molar-refractivity contribution in [2.75, 3.05) is 18.9 Å². The number of nitrogens with one attached hydrogen (secondary N) is 1. The molecule has 0 atom stereocenters. The highest BCUT2D eigenvalue weighted by Gasteiger charge is 2.21. The minimum Gasteiger partial charge on any atom is -0.395 e. The van der Waals surface area contributed by atoms with Crippen LogP contribution in [0, 0.1) is 10.1 Å². The van der Waals surface area contributed by atoms with Crippen molar-refractivity contribution in [1.29, 1.82) is 0 Å². The average Bonchev–Trinajstić information content (AvgIpc) is 3.04. The van der Waals surface area contributed by atoms with E-state index in [2.05, 4.69) is 5.32 Å². The third kappa shape index (κ3) is 3.97. The number of rotatable bonds is 6. The quantitative estimate of drug-likeness (QED) is 0.646. The Labute approximate surface area is 138 Å². The Hall–Kier alpha value is -3.16. The minimum atomic E-state index is -0.731. The molecule has 1 N–H and O–H groups in total. The maximum absolute atomic E-state index is 12.1. The monoisotopic (exact) mass is 331 g/mol. The fourth-order valence-corrected chi connectivity index (χ4v) is 2.16. The van der Waals surface area contributed by atoms with Gasteiger partial charge in [-0.25, -0.2) is 0 Å². The van der Waals surface area contributed by atoms with Gasteiger partial charge in [0.05, 0.1) is 12.6 Å². The Morgan fingerprint density at radius 2 is 1.96 bits per heavy atom. The van der Waals surface area contributed by atoms with Crippen molar-refractivity contribution in [2.45, 2.75) is 13.3 Å². The molecular weight excluding hydrogens is 314 g/mol. The molecule has 0 saturated carbocycles. The summed E-state index contributed by atoms with van der Waals surface area (Å²) < 4.78 is 4.84. The summed E-state index contributed by atoms with van der Waals surface area (Å²) in [6.45, 7) is 1.77. The molecule has 2 amide bonds. The molecule has 0 radical (unpaired) electrons. The zero-order chi connectivity index (χ0) is 17.7. The molecule has 0 bridgehead atoms. The lowest BCUT2D eigenvalue weighted by atomic mass is 10.1. The summed E-state index contributed by atoms with van der Waals surface area (Å²) in [6.07, 6.45) is 0.765. The first-order valence-electron chi connectivity index (χ1n) is 7.29. The summed E-state index contributed by atoms with van der Waals surface area (Å²) in [4.78, 5) is 35.2. The molecule has 8 nitrogen and oxygen atoms in total.